The van der Waals surface area contributed by atoms with Crippen molar-refractivity contribution in [3.05, 3.63) is 101 Å². The van der Waals surface area contributed by atoms with Gasteiger partial charge in [-0.3, -0.25) is 0 Å². The van der Waals surface area contributed by atoms with Crippen LogP contribution < -0.4 is 4.74 Å². The minimum atomic E-state index is -0.743. The molecule has 1 aliphatic rings. The molecule has 0 aliphatic carbocycles. The van der Waals surface area contributed by atoms with Gasteiger partial charge in [-0.15, -0.1) is 0 Å². The summed E-state index contributed by atoms with van der Waals surface area (Å²) in [6, 6.07) is 17.1. The highest BCUT2D eigenvalue weighted by molar-refractivity contribution is 7.64. The van der Waals surface area contributed by atoms with Crippen molar-refractivity contribution in [1.29, 1.82) is 0 Å². The second-order valence-corrected chi connectivity index (χ2v) is 7.13. The second-order valence-electron chi connectivity index (χ2n) is 6.61. The van der Waals surface area contributed by atoms with Crippen LogP contribution in [0.2, 0.25) is 0 Å². The highest BCUT2D eigenvalue weighted by atomic mass is 32.1. The number of hydrogen-bond acceptors (Lipinski definition) is 3. The molecule has 6 heteroatoms. The van der Waals surface area contributed by atoms with E-state index >= 15 is 0 Å². The van der Waals surface area contributed by atoms with E-state index in [9.17, 15) is 17.8 Å². The summed E-state index contributed by atoms with van der Waals surface area (Å²) in [6.45, 7) is 0. The fraction of sp³-hybridized carbons (Fsp3) is 0.0870. The molecule has 4 rings (SSSR count). The van der Waals surface area contributed by atoms with Crippen LogP contribution in [0.3, 0.4) is 0 Å². The molecule has 0 bridgehead atoms. The van der Waals surface area contributed by atoms with Gasteiger partial charge in [-0.1, -0.05) is 42.5 Å². The molecule has 0 aromatic heterocycles. The van der Waals surface area contributed by atoms with Crippen molar-refractivity contribution >= 4 is 29.3 Å². The normalized spacial score (nSPS) is 15.4. The molecule has 29 heavy (non-hydrogen) atoms. The summed E-state index contributed by atoms with van der Waals surface area (Å²) in [6.07, 6.45) is 0.752. The zero-order valence-electron chi connectivity index (χ0n) is 15.1. The van der Waals surface area contributed by atoms with Crippen molar-refractivity contribution in [2.45, 2.75) is 11.7 Å². The first-order valence-electron chi connectivity index (χ1n) is 8.87. The Labute approximate surface area is 170 Å². The molecule has 0 fully saturated rings. The van der Waals surface area contributed by atoms with Crippen molar-refractivity contribution in [2.24, 2.45) is 0 Å². The van der Waals surface area contributed by atoms with Gasteiger partial charge in [0.25, 0.3) is 5.75 Å². The van der Waals surface area contributed by atoms with Crippen LogP contribution in [0.1, 0.15) is 28.2 Å². The summed E-state index contributed by atoms with van der Waals surface area (Å²) in [5.74, 6) is -0.741. The van der Waals surface area contributed by atoms with Gasteiger partial charge in [0.1, 0.15) is 29.4 Å². The van der Waals surface area contributed by atoms with E-state index in [0.29, 0.717) is 45.4 Å². The number of halogens is 2. The molecule has 3 nitrogen and oxygen atoms in total. The van der Waals surface area contributed by atoms with Gasteiger partial charge in [0.2, 0.25) is 0 Å². The fourth-order valence-electron chi connectivity index (χ4n) is 3.46. The SMILES string of the molecule is O=CC1C(c2cccc(F)c2)=C(c2ccc(C[S+]=O)cc2)Oc2cc(F)ccc21. The van der Waals surface area contributed by atoms with E-state index in [-0.39, 0.29) is 5.75 Å². The lowest BCUT2D eigenvalue weighted by molar-refractivity contribution is -0.108. The molecule has 1 aliphatic heterocycles. The predicted molar refractivity (Wildman–Crippen MR) is 107 cm³/mol. The van der Waals surface area contributed by atoms with Gasteiger partial charge in [0.15, 0.2) is 0 Å². The summed E-state index contributed by atoms with van der Waals surface area (Å²) >= 11 is 0.469. The zero-order chi connectivity index (χ0) is 20.4. The summed E-state index contributed by atoms with van der Waals surface area (Å²) in [5, 5.41) is 0. The van der Waals surface area contributed by atoms with Crippen LogP contribution in [-0.2, 0) is 26.4 Å². The van der Waals surface area contributed by atoms with Gasteiger partial charge in [0.05, 0.1) is 5.92 Å². The van der Waals surface area contributed by atoms with Crippen molar-refractivity contribution in [1.82, 2.24) is 0 Å². The topological polar surface area (TPSA) is 43.4 Å². The summed E-state index contributed by atoms with van der Waals surface area (Å²) in [5.41, 5.74) is 3.01. The fourth-order valence-corrected chi connectivity index (χ4v) is 3.79. The number of benzene rings is 3. The molecule has 1 unspecified atom stereocenters. The standard InChI is InChI=1S/C23H15F2O3S/c24-17-3-1-2-16(10-17)22-20(12-26)19-9-8-18(25)11-21(19)28-23(22)15-6-4-14(5-7-15)13-29-27/h1-12,20H,13H2/q+1. The van der Waals surface area contributed by atoms with Gasteiger partial charge in [-0.2, -0.15) is 0 Å². The lowest BCUT2D eigenvalue weighted by Crippen LogP contribution is -2.16. The largest absolute Gasteiger partial charge is 0.463 e. The third-order valence-corrected chi connectivity index (χ3v) is 5.24. The zero-order valence-corrected chi connectivity index (χ0v) is 15.9. The third-order valence-electron chi connectivity index (χ3n) is 4.79. The quantitative estimate of drug-likeness (QED) is 0.433. The lowest BCUT2D eigenvalue weighted by Gasteiger charge is -2.28. The van der Waals surface area contributed by atoms with E-state index in [1.165, 1.54) is 30.3 Å². The van der Waals surface area contributed by atoms with Crippen molar-refractivity contribution in [3.8, 4) is 5.75 Å². The number of carbonyl (C=O) groups is 1. The van der Waals surface area contributed by atoms with Crippen molar-refractivity contribution in [2.75, 3.05) is 0 Å². The van der Waals surface area contributed by atoms with Crippen LogP contribution in [-0.4, -0.2) is 6.29 Å². The average Bonchev–Trinajstić information content (AvgIpc) is 2.73. The summed E-state index contributed by atoms with van der Waals surface area (Å²) < 4.78 is 44.5. The number of aldehydes is 1. The van der Waals surface area contributed by atoms with E-state index in [1.54, 1.807) is 36.4 Å². The number of rotatable bonds is 5. The van der Waals surface area contributed by atoms with Crippen LogP contribution >= 0.6 is 0 Å². The monoisotopic (exact) mass is 409 g/mol. The Balaban J connectivity index is 1.94. The molecule has 0 amide bonds. The van der Waals surface area contributed by atoms with Gasteiger partial charge in [-0.25, -0.2) is 8.78 Å². The maximum absolute atomic E-state index is 13.9. The van der Waals surface area contributed by atoms with Crippen molar-refractivity contribution < 1.29 is 22.5 Å². The number of hydrogen-bond donors (Lipinski definition) is 0. The number of ether oxygens (including phenoxy) is 1. The lowest BCUT2D eigenvalue weighted by atomic mass is 9.83. The first-order valence-corrected chi connectivity index (χ1v) is 9.78. The summed E-state index contributed by atoms with van der Waals surface area (Å²) in [4.78, 5) is 12.1. The Kier molecular flexibility index (Phi) is 5.27. The second kappa shape index (κ2) is 8.01. The minimum Gasteiger partial charge on any atom is -0.456 e. The molecule has 144 valence electrons. The minimum absolute atomic E-state index is 0.247. The maximum Gasteiger partial charge on any atom is 0.463 e. The Morgan fingerprint density at radius 2 is 1.69 bits per heavy atom. The summed E-state index contributed by atoms with van der Waals surface area (Å²) in [7, 11) is 0. The highest BCUT2D eigenvalue weighted by Gasteiger charge is 2.32. The number of fused-ring (bicyclic) bond motifs is 1. The van der Waals surface area contributed by atoms with Crippen LogP contribution in [0.4, 0.5) is 8.78 Å². The Hall–Kier alpha value is -3.25. The van der Waals surface area contributed by atoms with Crippen LogP contribution in [0, 0.1) is 11.6 Å². The first kappa shape index (κ1) is 19.1. The molecule has 0 radical (unpaired) electrons. The number of allylic oxidation sites excluding steroid dienone is 1. The van der Waals surface area contributed by atoms with Crippen LogP contribution in [0.5, 0.6) is 5.75 Å². The van der Waals surface area contributed by atoms with E-state index in [2.05, 4.69) is 0 Å². The van der Waals surface area contributed by atoms with E-state index in [1.807, 2.05) is 0 Å². The Morgan fingerprint density at radius 1 is 0.931 bits per heavy atom. The van der Waals surface area contributed by atoms with E-state index in [4.69, 9.17) is 4.74 Å². The van der Waals surface area contributed by atoms with Gasteiger partial charge < -0.3 is 9.53 Å². The highest BCUT2D eigenvalue weighted by Crippen LogP contribution is 2.46. The van der Waals surface area contributed by atoms with Gasteiger partial charge >= 0.3 is 11.7 Å². The van der Waals surface area contributed by atoms with Crippen LogP contribution in [0.15, 0.2) is 66.7 Å². The molecule has 0 spiro atoms. The van der Waals surface area contributed by atoms with Crippen molar-refractivity contribution in [3.63, 3.8) is 0 Å². The van der Waals surface area contributed by atoms with E-state index in [0.717, 1.165) is 11.8 Å². The molecule has 1 atom stereocenters. The Bertz CT molecular complexity index is 1120. The molecule has 3 aromatic carbocycles. The number of carbonyl (C=O) groups excluding carboxylic acids is 1. The average molecular weight is 409 g/mol. The van der Waals surface area contributed by atoms with E-state index < -0.39 is 17.6 Å². The molecule has 3 aromatic rings. The Morgan fingerprint density at radius 3 is 2.38 bits per heavy atom. The van der Waals surface area contributed by atoms with Gasteiger partial charge in [-0.05, 0) is 23.8 Å². The first-order chi connectivity index (χ1) is 14.1. The molecule has 0 N–H and O–H groups in total. The molecular formula is C23H15F2O3S+. The van der Waals surface area contributed by atoms with Crippen LogP contribution in [0.25, 0.3) is 11.3 Å². The smallest absolute Gasteiger partial charge is 0.456 e. The molecular weight excluding hydrogens is 394 g/mol. The third kappa shape index (κ3) is 3.71. The molecule has 1 heterocycles. The predicted octanol–water partition coefficient (Wildman–Crippen LogP) is 5.14. The molecule has 0 saturated heterocycles. The maximum atomic E-state index is 13.9. The van der Waals surface area contributed by atoms with Gasteiger partial charge in [0, 0.05) is 32.5 Å². The molecule has 0 saturated carbocycles.